The van der Waals surface area contributed by atoms with Gasteiger partial charge in [0, 0.05) is 35.8 Å². The van der Waals surface area contributed by atoms with Crippen molar-refractivity contribution in [2.75, 3.05) is 24.1 Å². The number of H-pyrrole nitrogens is 1. The van der Waals surface area contributed by atoms with Gasteiger partial charge in [-0.05, 0) is 50.2 Å². The smallest absolute Gasteiger partial charge is 0.250 e. The lowest BCUT2D eigenvalue weighted by Crippen LogP contribution is -2.45. The van der Waals surface area contributed by atoms with Gasteiger partial charge >= 0.3 is 0 Å². The van der Waals surface area contributed by atoms with E-state index in [0.29, 0.717) is 41.6 Å². The van der Waals surface area contributed by atoms with Crippen LogP contribution in [0, 0.1) is 5.92 Å². The number of hydrogen-bond acceptors (Lipinski definition) is 5. The van der Waals surface area contributed by atoms with Gasteiger partial charge in [-0.1, -0.05) is 34.6 Å². The molecule has 0 saturated carbocycles. The van der Waals surface area contributed by atoms with Crippen molar-refractivity contribution in [1.82, 2.24) is 19.9 Å². The number of nitrogens with two attached hydrogens (primary N) is 1. The average molecular weight is 543 g/mol. The molecule has 2 aromatic heterocycles. The molecule has 14 heteroatoms. The predicted octanol–water partition coefficient (Wildman–Crippen LogP) is -0.475. The summed E-state index contributed by atoms with van der Waals surface area (Å²) in [7, 11) is 38.4. The first kappa shape index (κ1) is 29.9. The third-order valence-corrected chi connectivity index (χ3v) is 8.05. The summed E-state index contributed by atoms with van der Waals surface area (Å²) in [5, 5.41) is 1.17. The zero-order chi connectivity index (χ0) is 30.5. The molecule has 1 aliphatic heterocycles. The Morgan fingerprint density at radius 1 is 1.10 bits per heavy atom. The number of nitrogen functional groups attached to an aromatic ring is 1. The van der Waals surface area contributed by atoms with Crippen LogP contribution in [0.5, 0.6) is 0 Å². The number of carbonyl (C=O) groups is 2. The maximum atomic E-state index is 13.1. The Morgan fingerprint density at radius 2 is 1.79 bits per heavy atom. The molecule has 3 heterocycles. The molecule has 1 aromatic carbocycles. The van der Waals surface area contributed by atoms with E-state index in [1.54, 1.807) is 0 Å². The highest BCUT2D eigenvalue weighted by molar-refractivity contribution is 6.63. The standard InChI is InChI=1S/C28H26B6N6O2/c1-12(2)26(41)39-23-20(30)18(28(32,33)34)17(19(29)21(23)31)22-15(16-24(35)36-11-37-25(16)38-22)13-5-7-14(8-6-13)27(42)40-9-3-4-10-40/h5,11,14H,1,3-4,6-10H2,2H3,(H,39,41)(H3,35,36,37,38)/t14-/m0/s1. The highest BCUT2D eigenvalue weighted by Gasteiger charge is 2.32. The number of rotatable bonds is 6. The first-order valence-electron chi connectivity index (χ1n) is 13.8. The van der Waals surface area contributed by atoms with Crippen LogP contribution in [0.1, 0.15) is 50.2 Å². The average Bonchev–Trinajstić information content (AvgIpc) is 3.61. The van der Waals surface area contributed by atoms with Gasteiger partial charge in [-0.2, -0.15) is 0 Å². The number of allylic oxidation sites excluding steroid dienone is 2. The molecule has 5 rings (SSSR count). The molecule has 1 aliphatic carbocycles. The van der Waals surface area contributed by atoms with Crippen LogP contribution in [-0.4, -0.2) is 91.8 Å². The summed E-state index contributed by atoms with van der Waals surface area (Å²) >= 11 is 0. The monoisotopic (exact) mass is 544 g/mol. The molecule has 8 nitrogen and oxygen atoms in total. The Hall–Kier alpha value is -3.55. The van der Waals surface area contributed by atoms with E-state index in [-0.39, 0.29) is 56.4 Å². The molecule has 3 aromatic rings. The Bertz CT molecular complexity index is 1650. The van der Waals surface area contributed by atoms with Gasteiger partial charge in [0.2, 0.25) is 5.91 Å². The molecule has 1 atom stereocenters. The second-order valence-electron chi connectivity index (χ2n) is 11.1. The summed E-state index contributed by atoms with van der Waals surface area (Å²) in [6, 6.07) is 0. The summed E-state index contributed by atoms with van der Waals surface area (Å²) < 4.78 is 0. The van der Waals surface area contributed by atoms with Crippen molar-refractivity contribution in [3.8, 4) is 11.3 Å². The van der Waals surface area contributed by atoms with Crippen molar-refractivity contribution in [3.63, 3.8) is 0 Å². The van der Waals surface area contributed by atoms with E-state index in [1.807, 2.05) is 11.0 Å². The van der Waals surface area contributed by atoms with Gasteiger partial charge in [0.15, 0.2) is 0 Å². The third kappa shape index (κ3) is 5.25. The van der Waals surface area contributed by atoms with Crippen LogP contribution in [0.15, 0.2) is 24.6 Å². The SMILES string of the molecule is [B]c1c([B])c(-c2[nH]c3ncnc(N)c3c2C2=CC[C@H](C(=O)N3CCCC3)CC2)c(C([B])([B])[B])c([B])c1NC(=O)C(=C)C. The first-order valence-corrected chi connectivity index (χ1v) is 13.8. The molecule has 12 radical (unpaired) electrons. The number of hydrogen-bond donors (Lipinski definition) is 3. The Balaban J connectivity index is 1.71. The number of amides is 2. The molecule has 2 aliphatic rings. The second-order valence-corrected chi connectivity index (χ2v) is 11.1. The van der Waals surface area contributed by atoms with Gasteiger partial charge in [-0.25, -0.2) is 9.97 Å². The normalized spacial score (nSPS) is 17.3. The first-order chi connectivity index (χ1) is 19.8. The number of nitrogens with zero attached hydrogens (tertiary/aromatic N) is 3. The van der Waals surface area contributed by atoms with Crippen LogP contribution in [0.25, 0.3) is 27.9 Å². The fourth-order valence-corrected chi connectivity index (χ4v) is 5.91. The van der Waals surface area contributed by atoms with Crippen molar-refractivity contribution in [2.45, 2.75) is 44.1 Å². The maximum absolute atomic E-state index is 13.1. The minimum absolute atomic E-state index is 0.0114. The van der Waals surface area contributed by atoms with Gasteiger partial charge in [-0.3, -0.25) is 9.59 Å². The number of aromatic amines is 1. The lowest BCUT2D eigenvalue weighted by atomic mass is 9.37. The molecule has 0 spiro atoms. The van der Waals surface area contributed by atoms with E-state index < -0.39 is 11.0 Å². The zero-order valence-electron chi connectivity index (χ0n) is 23.6. The van der Waals surface area contributed by atoms with Gasteiger partial charge in [0.1, 0.15) is 41.3 Å². The largest absolute Gasteiger partial charge is 0.383 e. The van der Waals surface area contributed by atoms with Crippen LogP contribution in [0.2, 0.25) is 0 Å². The Kier molecular flexibility index (Phi) is 8.03. The number of fused-ring (bicyclic) bond motifs is 1. The van der Waals surface area contributed by atoms with Gasteiger partial charge in [0.05, 0.1) is 34.6 Å². The van der Waals surface area contributed by atoms with E-state index >= 15 is 0 Å². The highest BCUT2D eigenvalue weighted by Crippen LogP contribution is 2.42. The van der Waals surface area contributed by atoms with Crippen molar-refractivity contribution in [1.29, 1.82) is 0 Å². The number of carbonyl (C=O) groups excluding carboxylic acids is 2. The second kappa shape index (κ2) is 11.3. The molecule has 1 saturated heterocycles. The lowest BCUT2D eigenvalue weighted by Gasteiger charge is -2.33. The summed E-state index contributed by atoms with van der Waals surface area (Å²) in [6.45, 7) is 6.78. The Morgan fingerprint density at radius 3 is 2.38 bits per heavy atom. The van der Waals surface area contributed by atoms with E-state index in [2.05, 4.69) is 26.8 Å². The minimum Gasteiger partial charge on any atom is -0.383 e. The third-order valence-electron chi connectivity index (χ3n) is 8.05. The Labute approximate surface area is 253 Å². The molecule has 2 amide bonds. The topological polar surface area (TPSA) is 117 Å². The molecule has 0 unspecified atom stereocenters. The molecular weight excluding hydrogens is 517 g/mol. The quantitative estimate of drug-likeness (QED) is 0.287. The number of anilines is 2. The summed E-state index contributed by atoms with van der Waals surface area (Å²) in [5.74, 6) is -0.215. The summed E-state index contributed by atoms with van der Waals surface area (Å²) in [4.78, 5) is 39.4. The maximum Gasteiger partial charge on any atom is 0.250 e. The van der Waals surface area contributed by atoms with Gasteiger partial charge in [-0.15, -0.1) is 5.11 Å². The van der Waals surface area contributed by atoms with Crippen molar-refractivity contribution < 1.29 is 9.59 Å². The van der Waals surface area contributed by atoms with Crippen LogP contribution >= 0.6 is 0 Å². The van der Waals surface area contributed by atoms with Crippen LogP contribution < -0.4 is 27.4 Å². The van der Waals surface area contributed by atoms with Crippen LogP contribution in [0.3, 0.4) is 0 Å². The number of nitrogens with one attached hydrogen (secondary N) is 2. The number of likely N-dealkylation sites (tertiary alicyclic amines) is 1. The molecular formula is C28H26B6N6O2. The zero-order valence-corrected chi connectivity index (χ0v) is 23.6. The van der Waals surface area contributed by atoms with Crippen LogP contribution in [0.4, 0.5) is 11.5 Å². The minimum atomic E-state index is -2.01. The lowest BCUT2D eigenvalue weighted by molar-refractivity contribution is -0.134. The number of aromatic nitrogens is 3. The number of benzene rings is 1. The van der Waals surface area contributed by atoms with Gasteiger partial charge in [0.25, 0.3) is 5.91 Å². The van der Waals surface area contributed by atoms with Crippen molar-refractivity contribution in [2.24, 2.45) is 5.92 Å². The molecule has 4 N–H and O–H groups in total. The van der Waals surface area contributed by atoms with Crippen LogP contribution in [-0.2, 0) is 14.7 Å². The van der Waals surface area contributed by atoms with E-state index in [4.69, 9.17) is 52.8 Å². The molecule has 42 heavy (non-hydrogen) atoms. The van der Waals surface area contributed by atoms with Crippen molar-refractivity contribution in [3.05, 3.63) is 35.7 Å². The fraction of sp³-hybridized carbons (Fsp3) is 0.357. The fourth-order valence-electron chi connectivity index (χ4n) is 5.91. The van der Waals surface area contributed by atoms with Crippen molar-refractivity contribution >= 4 is 103 Å². The highest BCUT2D eigenvalue weighted by atomic mass is 16.2. The molecule has 0 bridgehead atoms. The predicted molar refractivity (Wildman–Crippen MR) is 173 cm³/mol. The van der Waals surface area contributed by atoms with E-state index in [9.17, 15) is 9.59 Å². The summed E-state index contributed by atoms with van der Waals surface area (Å²) in [6.07, 6.45) is 7.22. The molecule has 1 fully saturated rings. The van der Waals surface area contributed by atoms with Gasteiger partial charge < -0.3 is 20.9 Å². The van der Waals surface area contributed by atoms with E-state index in [1.165, 1.54) is 13.3 Å². The van der Waals surface area contributed by atoms with E-state index in [0.717, 1.165) is 31.5 Å². The summed E-state index contributed by atoms with van der Waals surface area (Å²) in [5.41, 5.74) is 9.28. The molecule has 198 valence electrons.